The molecule has 1 N–H and O–H groups in total. The Morgan fingerprint density at radius 3 is 2.69 bits per heavy atom. The average molecular weight is 503 g/mol. The summed E-state index contributed by atoms with van der Waals surface area (Å²) in [7, 11) is 0. The second-order valence-corrected chi connectivity index (χ2v) is 10.8. The van der Waals surface area contributed by atoms with Gasteiger partial charge in [0.25, 0.3) is 5.56 Å². The maximum absolute atomic E-state index is 13.0. The van der Waals surface area contributed by atoms with E-state index in [9.17, 15) is 9.59 Å². The van der Waals surface area contributed by atoms with E-state index in [1.54, 1.807) is 16.3 Å². The Kier molecular flexibility index (Phi) is 6.48. The van der Waals surface area contributed by atoms with E-state index in [2.05, 4.69) is 20.4 Å². The molecule has 186 valence electrons. The van der Waals surface area contributed by atoms with E-state index < -0.39 is 0 Å². The van der Waals surface area contributed by atoms with Crippen LogP contribution in [-0.4, -0.2) is 44.5 Å². The predicted molar refractivity (Wildman–Crippen MR) is 142 cm³/mol. The molecule has 6 rings (SSSR count). The Bertz CT molecular complexity index is 1330. The van der Waals surface area contributed by atoms with Crippen molar-refractivity contribution in [3.8, 4) is 11.3 Å². The molecule has 2 aromatic heterocycles. The van der Waals surface area contributed by atoms with Crippen LogP contribution in [0.1, 0.15) is 55.8 Å². The van der Waals surface area contributed by atoms with E-state index in [-0.39, 0.29) is 23.9 Å². The Labute approximate surface area is 214 Å². The first kappa shape index (κ1) is 23.2. The van der Waals surface area contributed by atoms with Crippen molar-refractivity contribution in [1.29, 1.82) is 0 Å². The van der Waals surface area contributed by atoms with Crippen LogP contribution in [-0.2, 0) is 17.6 Å². The molecule has 1 aromatic carbocycles. The summed E-state index contributed by atoms with van der Waals surface area (Å²) in [5, 5.41) is 12.7. The average Bonchev–Trinajstić information content (AvgIpc) is 3.43. The Morgan fingerprint density at radius 2 is 1.89 bits per heavy atom. The van der Waals surface area contributed by atoms with E-state index >= 15 is 0 Å². The van der Waals surface area contributed by atoms with Gasteiger partial charge in [-0.3, -0.25) is 14.2 Å². The first-order chi connectivity index (χ1) is 17.7. The lowest BCUT2D eigenvalue weighted by Crippen LogP contribution is -2.30. The summed E-state index contributed by atoms with van der Waals surface area (Å²) < 4.78 is 1.74. The maximum atomic E-state index is 13.0. The third-order valence-corrected chi connectivity index (χ3v) is 8.41. The van der Waals surface area contributed by atoms with Crippen molar-refractivity contribution in [3.63, 3.8) is 0 Å². The lowest BCUT2D eigenvalue weighted by atomic mass is 10.1. The third-order valence-electron chi connectivity index (χ3n) is 7.32. The highest BCUT2D eigenvalue weighted by atomic mass is 32.2. The number of thioether (sulfide) groups is 1. The number of amides is 1. The van der Waals surface area contributed by atoms with Gasteiger partial charge in [0.2, 0.25) is 5.91 Å². The monoisotopic (exact) mass is 502 g/mol. The van der Waals surface area contributed by atoms with Gasteiger partial charge in [0, 0.05) is 42.1 Å². The molecule has 1 aliphatic carbocycles. The molecule has 3 aromatic rings. The Hall–Kier alpha value is -3.20. The standard InChI is InChI=1S/C27H30N6O2S/c34-25(16-20-17-36-27-29-23-10-6-9-21(23)26(35)33(20)27)28-19-8-5-7-18(15-19)22-11-12-24(31-30-22)32-13-3-1-2-4-14-32/h5,7-8,11-12,15,20H,1-4,6,9-10,13-14,16-17H2,(H,28,34). The number of nitrogens with zero attached hydrogens (tertiary/aromatic N) is 5. The molecular weight excluding hydrogens is 472 g/mol. The van der Waals surface area contributed by atoms with Crippen molar-refractivity contribution < 1.29 is 4.79 Å². The highest BCUT2D eigenvalue weighted by molar-refractivity contribution is 7.99. The number of rotatable bonds is 5. The maximum Gasteiger partial charge on any atom is 0.257 e. The molecule has 1 saturated heterocycles. The van der Waals surface area contributed by atoms with Gasteiger partial charge in [0.15, 0.2) is 11.0 Å². The van der Waals surface area contributed by atoms with Gasteiger partial charge >= 0.3 is 0 Å². The number of aromatic nitrogens is 4. The van der Waals surface area contributed by atoms with Crippen molar-refractivity contribution in [2.24, 2.45) is 0 Å². The van der Waals surface area contributed by atoms with Crippen LogP contribution in [0.25, 0.3) is 11.3 Å². The van der Waals surface area contributed by atoms with Crippen LogP contribution in [0.5, 0.6) is 0 Å². The van der Waals surface area contributed by atoms with E-state index in [0.29, 0.717) is 11.4 Å². The van der Waals surface area contributed by atoms with Crippen molar-refractivity contribution in [3.05, 3.63) is 58.0 Å². The van der Waals surface area contributed by atoms with Crippen LogP contribution in [0.3, 0.4) is 0 Å². The first-order valence-corrected chi connectivity index (χ1v) is 13.9. The van der Waals surface area contributed by atoms with E-state index in [0.717, 1.165) is 65.8 Å². The Morgan fingerprint density at radius 1 is 1.03 bits per heavy atom. The van der Waals surface area contributed by atoms with Crippen molar-refractivity contribution in [2.45, 2.75) is 62.6 Å². The summed E-state index contributed by atoms with van der Waals surface area (Å²) in [6.45, 7) is 2.06. The number of carbonyl (C=O) groups excluding carboxylic acids is 1. The highest BCUT2D eigenvalue weighted by Crippen LogP contribution is 2.34. The van der Waals surface area contributed by atoms with Crippen LogP contribution in [0, 0.1) is 0 Å². The minimum absolute atomic E-state index is 0.0412. The summed E-state index contributed by atoms with van der Waals surface area (Å²) in [5.74, 6) is 1.51. The molecule has 1 unspecified atom stereocenters. The van der Waals surface area contributed by atoms with Crippen LogP contribution < -0.4 is 15.8 Å². The molecule has 36 heavy (non-hydrogen) atoms. The molecule has 1 amide bonds. The van der Waals surface area contributed by atoms with Gasteiger partial charge in [-0.2, -0.15) is 0 Å². The van der Waals surface area contributed by atoms with Gasteiger partial charge < -0.3 is 10.2 Å². The molecule has 9 heteroatoms. The topological polar surface area (TPSA) is 93.0 Å². The molecular formula is C27H30N6O2S. The normalized spacial score (nSPS) is 19.0. The van der Waals surface area contributed by atoms with Crippen molar-refractivity contribution in [2.75, 3.05) is 29.1 Å². The SMILES string of the molecule is O=C(CC1CSc2nc3c(c(=O)n21)CCC3)Nc1cccc(-c2ccc(N3CCCCCC3)nn2)c1. The minimum Gasteiger partial charge on any atom is -0.355 e. The number of nitrogens with one attached hydrogen (secondary N) is 1. The fourth-order valence-corrected chi connectivity index (χ4v) is 6.59. The number of hydrogen-bond donors (Lipinski definition) is 1. The van der Waals surface area contributed by atoms with E-state index in [4.69, 9.17) is 4.98 Å². The molecule has 0 saturated carbocycles. The molecule has 0 spiro atoms. The summed E-state index contributed by atoms with van der Waals surface area (Å²) in [6, 6.07) is 11.5. The smallest absolute Gasteiger partial charge is 0.257 e. The zero-order valence-electron chi connectivity index (χ0n) is 20.3. The second kappa shape index (κ2) is 10.0. The molecule has 1 atom stereocenters. The van der Waals surface area contributed by atoms with Crippen LogP contribution in [0.15, 0.2) is 46.3 Å². The van der Waals surface area contributed by atoms with Crippen LogP contribution >= 0.6 is 11.8 Å². The van der Waals surface area contributed by atoms with Crippen LogP contribution in [0.4, 0.5) is 11.5 Å². The van der Waals surface area contributed by atoms with Gasteiger partial charge in [-0.15, -0.1) is 10.2 Å². The third kappa shape index (κ3) is 4.64. The fraction of sp³-hybridized carbons (Fsp3) is 0.444. The summed E-state index contributed by atoms with van der Waals surface area (Å²) in [6.07, 6.45) is 7.86. The van der Waals surface area contributed by atoms with Crippen molar-refractivity contribution in [1.82, 2.24) is 19.7 Å². The zero-order chi connectivity index (χ0) is 24.5. The number of anilines is 2. The zero-order valence-corrected chi connectivity index (χ0v) is 21.1. The summed E-state index contributed by atoms with van der Waals surface area (Å²) >= 11 is 1.57. The summed E-state index contributed by atoms with van der Waals surface area (Å²) in [4.78, 5) is 33.0. The summed E-state index contributed by atoms with van der Waals surface area (Å²) in [5.41, 5.74) is 4.21. The molecule has 3 aliphatic rings. The molecule has 4 heterocycles. The molecule has 0 bridgehead atoms. The number of aryl methyl sites for hydroxylation is 1. The lowest BCUT2D eigenvalue weighted by molar-refractivity contribution is -0.116. The quantitative estimate of drug-likeness (QED) is 0.522. The highest BCUT2D eigenvalue weighted by Gasteiger charge is 2.31. The first-order valence-electron chi connectivity index (χ1n) is 12.9. The molecule has 0 radical (unpaired) electrons. The predicted octanol–water partition coefficient (Wildman–Crippen LogP) is 4.25. The molecule has 8 nitrogen and oxygen atoms in total. The lowest BCUT2D eigenvalue weighted by Gasteiger charge is -2.20. The molecule has 2 aliphatic heterocycles. The van der Waals surface area contributed by atoms with E-state index in [1.165, 1.54) is 25.7 Å². The number of benzene rings is 1. The number of fused-ring (bicyclic) bond motifs is 2. The van der Waals surface area contributed by atoms with Crippen LogP contribution in [0.2, 0.25) is 0 Å². The fourth-order valence-electron chi connectivity index (χ4n) is 5.43. The number of carbonyl (C=O) groups is 1. The Balaban J connectivity index is 1.13. The van der Waals surface area contributed by atoms with Gasteiger partial charge in [-0.25, -0.2) is 4.98 Å². The largest absolute Gasteiger partial charge is 0.355 e. The number of hydrogen-bond acceptors (Lipinski definition) is 7. The van der Waals surface area contributed by atoms with Gasteiger partial charge in [-0.1, -0.05) is 36.7 Å². The van der Waals surface area contributed by atoms with E-state index in [1.807, 2.05) is 36.4 Å². The van der Waals surface area contributed by atoms with Gasteiger partial charge in [0.1, 0.15) is 0 Å². The molecule has 1 fully saturated rings. The second-order valence-electron chi connectivity index (χ2n) is 9.82. The van der Waals surface area contributed by atoms with Crippen molar-refractivity contribution >= 4 is 29.2 Å². The minimum atomic E-state index is -0.170. The van der Waals surface area contributed by atoms with Gasteiger partial charge in [0.05, 0.1) is 17.4 Å². The van der Waals surface area contributed by atoms with Gasteiger partial charge in [-0.05, 0) is 56.4 Å².